The summed E-state index contributed by atoms with van der Waals surface area (Å²) >= 11 is 5.56. The molecule has 20 heteroatoms. The van der Waals surface area contributed by atoms with Crippen LogP contribution in [-0.4, -0.2) is 105 Å². The number of aryl methyl sites for hydroxylation is 1. The Labute approximate surface area is 286 Å². The Morgan fingerprint density at radius 3 is 2.43 bits per heavy atom. The second kappa shape index (κ2) is 18.5. The van der Waals surface area contributed by atoms with Crippen LogP contribution in [0.1, 0.15) is 44.1 Å². The molecule has 18 nitrogen and oxygen atoms in total. The van der Waals surface area contributed by atoms with Gasteiger partial charge in [-0.05, 0) is 56.6 Å². The number of rotatable bonds is 18. The van der Waals surface area contributed by atoms with Gasteiger partial charge in [0, 0.05) is 30.2 Å². The number of halogens is 1. The third kappa shape index (κ3) is 12.3. The maximum absolute atomic E-state index is 13.8. The number of nitrogens with zero attached hydrogens (tertiary/aromatic N) is 1. The van der Waals surface area contributed by atoms with Crippen molar-refractivity contribution in [1.82, 2.24) is 31.2 Å². The third-order valence-corrected chi connectivity index (χ3v) is 8.62. The number of likely N-dealkylation sites (tertiary alicyclic amines) is 1. The lowest BCUT2D eigenvalue weighted by atomic mass is 9.98. The first-order valence-corrected chi connectivity index (χ1v) is 17.6. The van der Waals surface area contributed by atoms with Gasteiger partial charge in [-0.2, -0.15) is 0 Å². The molecule has 0 bridgehead atoms. The standard InChI is InChI=1S/C29H42ClN8O10P/c30-14-24(39)35-22(16-48-49(45,46)47)28(43)38-13-4-3-9-23(38)27(42)37-21(11-10-17-15-34-19-7-2-1-6-18(17)19)26(41)36-20(25(31)40)8-5-12-33-29(32)44/h1-2,6-7,15,20-23,34H,3-5,8-14,16H2,(H2,31,40)(H,35,39)(H,36,41)(H,37,42)(H3,32,33,44)(H2,45,46,47)/t20-,21-,22-,23-/m0/s1. The molecule has 1 aromatic heterocycles. The van der Waals surface area contributed by atoms with E-state index in [0.29, 0.717) is 19.3 Å². The molecule has 0 radical (unpaired) electrons. The number of aromatic nitrogens is 1. The molecular formula is C29H42ClN8O10P. The van der Waals surface area contributed by atoms with Crippen LogP contribution in [0.4, 0.5) is 4.79 Å². The summed E-state index contributed by atoms with van der Waals surface area (Å²) in [6, 6.07) is 1.73. The van der Waals surface area contributed by atoms with Crippen molar-refractivity contribution in [3.05, 3.63) is 36.0 Å². The summed E-state index contributed by atoms with van der Waals surface area (Å²) in [7, 11) is -5.03. The molecule has 1 aliphatic heterocycles. The lowest BCUT2D eigenvalue weighted by Crippen LogP contribution is -2.61. The topological polar surface area (TPSA) is 288 Å². The van der Waals surface area contributed by atoms with Crippen LogP contribution < -0.4 is 32.7 Å². The number of carbonyl (C=O) groups is 6. The number of hydrogen-bond donors (Lipinski definition) is 9. The number of para-hydroxylation sites is 1. The molecule has 0 aliphatic carbocycles. The number of urea groups is 1. The minimum absolute atomic E-state index is 0.0648. The third-order valence-electron chi connectivity index (χ3n) is 7.89. The zero-order chi connectivity index (χ0) is 36.1. The summed E-state index contributed by atoms with van der Waals surface area (Å²) in [5.74, 6) is -4.45. The monoisotopic (exact) mass is 728 g/mol. The van der Waals surface area contributed by atoms with E-state index in [0.717, 1.165) is 21.4 Å². The molecule has 49 heavy (non-hydrogen) atoms. The number of nitrogens with one attached hydrogen (secondary N) is 5. The Morgan fingerprint density at radius 1 is 1.02 bits per heavy atom. The molecule has 0 saturated carbocycles. The van der Waals surface area contributed by atoms with Crippen LogP contribution in [0.15, 0.2) is 30.5 Å². The van der Waals surface area contributed by atoms with Crippen molar-refractivity contribution in [2.45, 2.75) is 69.1 Å². The Kier molecular flexibility index (Phi) is 14.8. The van der Waals surface area contributed by atoms with Gasteiger partial charge in [0.1, 0.15) is 30.0 Å². The van der Waals surface area contributed by atoms with Crippen LogP contribution in [0.5, 0.6) is 0 Å². The normalized spacial score (nSPS) is 16.6. The minimum Gasteiger partial charge on any atom is -0.368 e. The number of piperidine rings is 1. The van der Waals surface area contributed by atoms with Crippen molar-refractivity contribution in [2.24, 2.45) is 11.5 Å². The van der Waals surface area contributed by atoms with Gasteiger partial charge >= 0.3 is 13.9 Å². The number of hydrogen-bond acceptors (Lipinski definition) is 8. The number of aromatic amines is 1. The van der Waals surface area contributed by atoms with Crippen molar-refractivity contribution < 1.29 is 47.6 Å². The van der Waals surface area contributed by atoms with E-state index < -0.39 is 80.0 Å². The van der Waals surface area contributed by atoms with E-state index in [2.05, 4.69) is 30.8 Å². The number of alkyl halides is 1. The van der Waals surface area contributed by atoms with E-state index in [-0.39, 0.29) is 38.8 Å². The number of fused-ring (bicyclic) bond motifs is 1. The molecule has 3 rings (SSSR count). The van der Waals surface area contributed by atoms with Crippen LogP contribution in [0, 0.1) is 0 Å². The van der Waals surface area contributed by atoms with Crippen LogP contribution in [0.3, 0.4) is 0 Å². The smallest absolute Gasteiger partial charge is 0.368 e. The molecule has 1 aromatic carbocycles. The molecule has 1 aliphatic rings. The van der Waals surface area contributed by atoms with E-state index in [4.69, 9.17) is 32.9 Å². The summed E-state index contributed by atoms with van der Waals surface area (Å²) in [6.45, 7) is -0.697. The van der Waals surface area contributed by atoms with Crippen LogP contribution in [0.25, 0.3) is 10.9 Å². The molecule has 11 N–H and O–H groups in total. The minimum atomic E-state index is -5.03. The number of amides is 7. The molecule has 270 valence electrons. The number of phosphoric ester groups is 1. The molecule has 7 amide bonds. The first-order valence-electron chi connectivity index (χ1n) is 15.5. The van der Waals surface area contributed by atoms with E-state index in [1.165, 1.54) is 0 Å². The number of phosphoric acid groups is 1. The highest BCUT2D eigenvalue weighted by atomic mass is 35.5. The number of carbonyl (C=O) groups excluding carboxylic acids is 6. The van der Waals surface area contributed by atoms with Gasteiger partial charge in [-0.3, -0.25) is 28.5 Å². The van der Waals surface area contributed by atoms with Crippen LogP contribution >= 0.6 is 19.4 Å². The van der Waals surface area contributed by atoms with Gasteiger partial charge in [-0.25, -0.2) is 9.36 Å². The fraction of sp³-hybridized carbons (Fsp3) is 0.517. The fourth-order valence-corrected chi connectivity index (χ4v) is 5.92. The van der Waals surface area contributed by atoms with Gasteiger partial charge in [0.15, 0.2) is 0 Å². The predicted molar refractivity (Wildman–Crippen MR) is 176 cm³/mol. The zero-order valence-corrected chi connectivity index (χ0v) is 28.2. The van der Waals surface area contributed by atoms with E-state index in [9.17, 15) is 33.3 Å². The van der Waals surface area contributed by atoms with Crippen molar-refractivity contribution >= 4 is 65.9 Å². The fourth-order valence-electron chi connectivity index (χ4n) is 5.50. The summed E-state index contributed by atoms with van der Waals surface area (Å²) in [5, 5.41) is 10.9. The SMILES string of the molecule is NC(=O)NCCC[C@H](NC(=O)[C@H](CCc1c[nH]c2ccccc12)NC(=O)[C@@H]1CCCCN1C(=O)[C@H](COP(=O)(O)O)NC(=O)CCl)C(N)=O. The summed E-state index contributed by atoms with van der Waals surface area (Å²) in [5.41, 5.74) is 12.3. The van der Waals surface area contributed by atoms with Crippen molar-refractivity contribution in [1.29, 1.82) is 0 Å². The van der Waals surface area contributed by atoms with Crippen molar-refractivity contribution in [3.63, 3.8) is 0 Å². The predicted octanol–water partition coefficient (Wildman–Crippen LogP) is -0.782. The van der Waals surface area contributed by atoms with Crippen LogP contribution in [0.2, 0.25) is 0 Å². The van der Waals surface area contributed by atoms with E-state index in [1.54, 1.807) is 6.20 Å². The number of nitrogens with two attached hydrogens (primary N) is 2. The Hall–Kier alpha value is -4.22. The Bertz CT molecular complexity index is 1550. The Morgan fingerprint density at radius 2 is 1.76 bits per heavy atom. The second-order valence-corrected chi connectivity index (χ2v) is 12.9. The van der Waals surface area contributed by atoms with Crippen molar-refractivity contribution in [3.8, 4) is 0 Å². The molecule has 2 aromatic rings. The molecule has 4 atom stereocenters. The molecule has 2 heterocycles. The zero-order valence-electron chi connectivity index (χ0n) is 26.6. The first-order chi connectivity index (χ1) is 23.2. The highest BCUT2D eigenvalue weighted by Crippen LogP contribution is 2.36. The van der Waals surface area contributed by atoms with Crippen molar-refractivity contribution in [2.75, 3.05) is 25.6 Å². The summed E-state index contributed by atoms with van der Waals surface area (Å²) in [6.07, 6.45) is 3.73. The lowest BCUT2D eigenvalue weighted by molar-refractivity contribution is -0.146. The molecule has 0 spiro atoms. The summed E-state index contributed by atoms with van der Waals surface area (Å²) < 4.78 is 15.8. The largest absolute Gasteiger partial charge is 0.469 e. The van der Waals surface area contributed by atoms with E-state index in [1.807, 2.05) is 24.3 Å². The van der Waals surface area contributed by atoms with Gasteiger partial charge in [-0.15, -0.1) is 11.6 Å². The average molecular weight is 729 g/mol. The maximum Gasteiger partial charge on any atom is 0.469 e. The number of benzene rings is 1. The number of H-pyrrole nitrogens is 1. The lowest BCUT2D eigenvalue weighted by Gasteiger charge is -2.37. The van der Waals surface area contributed by atoms with Crippen LogP contribution in [-0.2, 0) is 39.5 Å². The Balaban J connectivity index is 1.82. The van der Waals surface area contributed by atoms with Gasteiger partial charge in [-0.1, -0.05) is 18.2 Å². The maximum atomic E-state index is 13.8. The molecule has 1 saturated heterocycles. The van der Waals surface area contributed by atoms with Gasteiger partial charge in [0.25, 0.3) is 0 Å². The summed E-state index contributed by atoms with van der Waals surface area (Å²) in [4.78, 5) is 98.9. The van der Waals surface area contributed by atoms with Gasteiger partial charge < -0.3 is 52.4 Å². The average Bonchev–Trinajstić information content (AvgIpc) is 3.48. The number of primary amides is 2. The first kappa shape index (κ1) is 39.2. The molecule has 1 fully saturated rings. The quantitative estimate of drug-likeness (QED) is 0.0524. The van der Waals surface area contributed by atoms with Gasteiger partial charge in [0.05, 0.1) is 6.61 Å². The molecular weight excluding hydrogens is 687 g/mol. The highest BCUT2D eigenvalue weighted by Gasteiger charge is 2.38. The van der Waals surface area contributed by atoms with Gasteiger partial charge in [0.2, 0.25) is 29.5 Å². The second-order valence-electron chi connectivity index (χ2n) is 11.4. The highest BCUT2D eigenvalue weighted by molar-refractivity contribution is 7.46. The van der Waals surface area contributed by atoms with E-state index >= 15 is 0 Å². The molecule has 0 unspecified atom stereocenters.